The number of carbonyl (C=O) groups excluding carboxylic acids is 2. The number of carbonyl (C=O) groups is 3. The summed E-state index contributed by atoms with van der Waals surface area (Å²) in [5.74, 6) is -2.19. The van der Waals surface area contributed by atoms with E-state index in [4.69, 9.17) is 10.8 Å². The number of carboxylic acids is 1. The van der Waals surface area contributed by atoms with Crippen molar-refractivity contribution in [1.29, 1.82) is 0 Å². The molecule has 0 aliphatic rings. The molecule has 0 unspecified atom stereocenters. The van der Waals surface area contributed by atoms with Gasteiger partial charge in [-0.05, 0) is 27.7 Å². The lowest BCUT2D eigenvalue weighted by Gasteiger charge is -2.20. The van der Waals surface area contributed by atoms with Gasteiger partial charge in [0.05, 0.1) is 5.41 Å². The molecule has 0 aliphatic heterocycles. The van der Waals surface area contributed by atoms with E-state index in [0.717, 1.165) is 0 Å². The molecule has 6 nitrogen and oxygen atoms in total. The molecule has 0 saturated heterocycles. The summed E-state index contributed by atoms with van der Waals surface area (Å²) >= 11 is 0. The third kappa shape index (κ3) is 4.26. The van der Waals surface area contributed by atoms with E-state index < -0.39 is 23.2 Å². The Balaban J connectivity index is 4.65. The van der Waals surface area contributed by atoms with E-state index in [-0.39, 0.29) is 17.7 Å². The van der Waals surface area contributed by atoms with E-state index in [0.29, 0.717) is 0 Å². The van der Waals surface area contributed by atoms with Gasteiger partial charge >= 0.3 is 5.97 Å². The molecule has 0 atom stereocenters. The highest BCUT2D eigenvalue weighted by atomic mass is 16.4. The van der Waals surface area contributed by atoms with Crippen molar-refractivity contribution in [3.05, 3.63) is 11.1 Å². The van der Waals surface area contributed by atoms with Crippen LogP contribution in [-0.2, 0) is 14.4 Å². The number of nitrogens with two attached hydrogens (primary N) is 1. The fourth-order valence-corrected chi connectivity index (χ4v) is 0.852. The molecule has 0 heterocycles. The zero-order valence-electron chi connectivity index (χ0n) is 10.5. The topological polar surface area (TPSA) is 109 Å². The van der Waals surface area contributed by atoms with E-state index in [1.54, 1.807) is 13.8 Å². The lowest BCUT2D eigenvalue weighted by Crippen LogP contribution is -2.42. The zero-order valence-corrected chi connectivity index (χ0v) is 10.5. The summed E-state index contributed by atoms with van der Waals surface area (Å²) in [4.78, 5) is 33.2. The third-order valence-electron chi connectivity index (χ3n) is 2.58. The summed E-state index contributed by atoms with van der Waals surface area (Å²) in [6.07, 6.45) is 0. The lowest BCUT2D eigenvalue weighted by molar-refractivity contribution is -0.133. The van der Waals surface area contributed by atoms with Crippen molar-refractivity contribution in [2.45, 2.75) is 27.7 Å². The minimum atomic E-state index is -1.15. The molecule has 0 aromatic rings. The molecule has 0 bridgehead atoms. The standard InChI is InChI=1S/C11H18N2O4/c1-6(7(2)9(15)16)8(14)13-5-11(3,4)10(12)17/h5H2,1-4H3,(H2,12,17)(H,13,14)(H,15,16). The molecule has 0 spiro atoms. The Bertz CT molecular complexity index is 383. The Labute approximate surface area is 99.9 Å². The highest BCUT2D eigenvalue weighted by molar-refractivity contribution is 6.01. The summed E-state index contributed by atoms with van der Waals surface area (Å²) in [5.41, 5.74) is 4.36. The minimum absolute atomic E-state index is 0.0284. The predicted octanol–water partition coefficient (Wildman–Crippen LogP) is 0.0351. The summed E-state index contributed by atoms with van der Waals surface area (Å²) in [7, 11) is 0. The molecule has 0 aliphatic carbocycles. The number of nitrogens with one attached hydrogen (secondary N) is 1. The first-order valence-corrected chi connectivity index (χ1v) is 5.08. The normalized spacial score (nSPS) is 12.7. The van der Waals surface area contributed by atoms with Crippen LogP contribution in [0.15, 0.2) is 11.1 Å². The minimum Gasteiger partial charge on any atom is -0.478 e. The Morgan fingerprint density at radius 2 is 1.65 bits per heavy atom. The van der Waals surface area contributed by atoms with Gasteiger partial charge in [-0.1, -0.05) is 0 Å². The third-order valence-corrected chi connectivity index (χ3v) is 2.58. The first kappa shape index (κ1) is 15.2. The van der Waals surface area contributed by atoms with Crippen LogP contribution in [0.4, 0.5) is 0 Å². The fraction of sp³-hybridized carbons (Fsp3) is 0.545. The second kappa shape index (κ2) is 5.47. The number of aliphatic carboxylic acids is 1. The molecule has 0 aromatic carbocycles. The molecular weight excluding hydrogens is 224 g/mol. The average molecular weight is 242 g/mol. The van der Waals surface area contributed by atoms with E-state index in [2.05, 4.69) is 5.32 Å². The Morgan fingerprint density at radius 3 is 2.00 bits per heavy atom. The van der Waals surface area contributed by atoms with Crippen LogP contribution < -0.4 is 11.1 Å². The molecule has 0 fully saturated rings. The highest BCUT2D eigenvalue weighted by Crippen LogP contribution is 2.12. The Hall–Kier alpha value is -1.85. The monoisotopic (exact) mass is 242 g/mol. The van der Waals surface area contributed by atoms with Crippen molar-refractivity contribution in [3.8, 4) is 0 Å². The van der Waals surface area contributed by atoms with Crippen LogP contribution in [0, 0.1) is 5.41 Å². The SMILES string of the molecule is CC(C(=O)O)=C(C)C(=O)NCC(C)(C)C(N)=O. The van der Waals surface area contributed by atoms with Crippen molar-refractivity contribution in [3.63, 3.8) is 0 Å². The van der Waals surface area contributed by atoms with Gasteiger partial charge in [-0.25, -0.2) is 4.79 Å². The number of primary amides is 1. The van der Waals surface area contributed by atoms with Gasteiger partial charge < -0.3 is 16.2 Å². The quantitative estimate of drug-likeness (QED) is 0.591. The maximum atomic E-state index is 11.6. The molecule has 96 valence electrons. The maximum Gasteiger partial charge on any atom is 0.331 e. The van der Waals surface area contributed by atoms with E-state index in [1.807, 2.05) is 0 Å². The van der Waals surface area contributed by atoms with E-state index in [9.17, 15) is 14.4 Å². The van der Waals surface area contributed by atoms with Crippen molar-refractivity contribution in [2.75, 3.05) is 6.54 Å². The van der Waals surface area contributed by atoms with Crippen LogP contribution in [-0.4, -0.2) is 29.4 Å². The van der Waals surface area contributed by atoms with Crippen LogP contribution in [0.3, 0.4) is 0 Å². The number of hydrogen-bond donors (Lipinski definition) is 3. The molecule has 0 aromatic heterocycles. The van der Waals surface area contributed by atoms with Crippen LogP contribution in [0.1, 0.15) is 27.7 Å². The number of rotatable bonds is 5. The molecule has 17 heavy (non-hydrogen) atoms. The molecule has 0 radical (unpaired) electrons. The van der Waals surface area contributed by atoms with E-state index >= 15 is 0 Å². The number of amides is 2. The molecule has 0 saturated carbocycles. The highest BCUT2D eigenvalue weighted by Gasteiger charge is 2.26. The van der Waals surface area contributed by atoms with Gasteiger partial charge in [0.15, 0.2) is 0 Å². The summed E-state index contributed by atoms with van der Waals surface area (Å²) in [6.45, 7) is 6.01. The van der Waals surface area contributed by atoms with Gasteiger partial charge in [-0.3, -0.25) is 9.59 Å². The van der Waals surface area contributed by atoms with Gasteiger partial charge in [0.1, 0.15) is 0 Å². The van der Waals surface area contributed by atoms with Crippen LogP contribution >= 0.6 is 0 Å². The number of carboxylic acid groups (broad SMARTS) is 1. The first-order valence-electron chi connectivity index (χ1n) is 5.08. The Morgan fingerprint density at radius 1 is 1.18 bits per heavy atom. The smallest absolute Gasteiger partial charge is 0.331 e. The van der Waals surface area contributed by atoms with Crippen molar-refractivity contribution < 1.29 is 19.5 Å². The van der Waals surface area contributed by atoms with Gasteiger partial charge in [0.25, 0.3) is 0 Å². The van der Waals surface area contributed by atoms with Gasteiger partial charge in [-0.15, -0.1) is 0 Å². The Kier molecular flexibility index (Phi) is 4.87. The largest absolute Gasteiger partial charge is 0.478 e. The van der Waals surface area contributed by atoms with Crippen LogP contribution in [0.25, 0.3) is 0 Å². The van der Waals surface area contributed by atoms with Crippen molar-refractivity contribution in [1.82, 2.24) is 5.32 Å². The van der Waals surface area contributed by atoms with Crippen molar-refractivity contribution in [2.24, 2.45) is 11.1 Å². The van der Waals surface area contributed by atoms with Gasteiger partial charge in [0.2, 0.25) is 11.8 Å². The molecule has 2 amide bonds. The lowest BCUT2D eigenvalue weighted by atomic mass is 9.92. The first-order chi connectivity index (χ1) is 7.59. The van der Waals surface area contributed by atoms with Gasteiger partial charge in [-0.2, -0.15) is 0 Å². The fourth-order valence-electron chi connectivity index (χ4n) is 0.852. The second-order valence-corrected chi connectivity index (χ2v) is 4.49. The van der Waals surface area contributed by atoms with Crippen LogP contribution in [0.5, 0.6) is 0 Å². The second-order valence-electron chi connectivity index (χ2n) is 4.49. The summed E-state index contributed by atoms with van der Waals surface area (Å²) in [6, 6.07) is 0. The van der Waals surface area contributed by atoms with Crippen LogP contribution in [0.2, 0.25) is 0 Å². The average Bonchev–Trinajstić information content (AvgIpc) is 2.23. The summed E-state index contributed by atoms with van der Waals surface area (Å²) in [5, 5.41) is 11.2. The molecular formula is C11H18N2O4. The maximum absolute atomic E-state index is 11.6. The summed E-state index contributed by atoms with van der Waals surface area (Å²) < 4.78 is 0. The molecule has 4 N–H and O–H groups in total. The zero-order chi connectivity index (χ0) is 13.8. The molecule has 0 rings (SSSR count). The van der Waals surface area contributed by atoms with Crippen molar-refractivity contribution >= 4 is 17.8 Å². The predicted molar refractivity (Wildman–Crippen MR) is 62.0 cm³/mol. The van der Waals surface area contributed by atoms with E-state index in [1.165, 1.54) is 13.8 Å². The van der Waals surface area contributed by atoms with Gasteiger partial charge in [0, 0.05) is 17.7 Å². The molecule has 6 heteroatoms. The number of hydrogen-bond acceptors (Lipinski definition) is 3.